The van der Waals surface area contributed by atoms with E-state index >= 15 is 0 Å². The van der Waals surface area contributed by atoms with Crippen LogP contribution in [0.5, 0.6) is 5.75 Å². The van der Waals surface area contributed by atoms with Gasteiger partial charge in [0.1, 0.15) is 12.1 Å². The van der Waals surface area contributed by atoms with Crippen molar-refractivity contribution in [2.45, 2.75) is 6.54 Å². The van der Waals surface area contributed by atoms with E-state index < -0.39 is 0 Å². The van der Waals surface area contributed by atoms with Gasteiger partial charge in [-0.3, -0.25) is 4.90 Å². The molecule has 9 heteroatoms. The molecule has 0 bridgehead atoms. The van der Waals surface area contributed by atoms with Gasteiger partial charge in [0.15, 0.2) is 17.2 Å². The van der Waals surface area contributed by atoms with E-state index in [1.165, 1.54) is 0 Å². The Morgan fingerprint density at radius 1 is 1.00 bits per heavy atom. The summed E-state index contributed by atoms with van der Waals surface area (Å²) < 4.78 is 13.0. The molecule has 0 aliphatic carbocycles. The smallest absolute Gasteiger partial charge is 0.178 e. The Kier molecular flexibility index (Phi) is 5.76. The first-order valence-corrected chi connectivity index (χ1v) is 10.3. The summed E-state index contributed by atoms with van der Waals surface area (Å²) in [7, 11) is 0. The van der Waals surface area contributed by atoms with E-state index in [2.05, 4.69) is 36.2 Å². The van der Waals surface area contributed by atoms with Crippen molar-refractivity contribution in [3.05, 3.63) is 60.6 Å². The highest BCUT2D eigenvalue weighted by atomic mass is 16.5. The molecule has 4 heterocycles. The summed E-state index contributed by atoms with van der Waals surface area (Å²) >= 11 is 0. The lowest BCUT2D eigenvalue weighted by Gasteiger charge is -2.26. The predicted molar refractivity (Wildman–Crippen MR) is 115 cm³/mol. The molecule has 31 heavy (non-hydrogen) atoms. The number of fused-ring (bicyclic) bond motifs is 1. The molecule has 5 rings (SSSR count). The molecular weight excluding hydrogens is 394 g/mol. The van der Waals surface area contributed by atoms with Gasteiger partial charge < -0.3 is 9.47 Å². The van der Waals surface area contributed by atoms with Gasteiger partial charge in [0.2, 0.25) is 0 Å². The van der Waals surface area contributed by atoms with Crippen LogP contribution in [0.4, 0.5) is 0 Å². The van der Waals surface area contributed by atoms with E-state index in [0.29, 0.717) is 24.7 Å². The minimum Gasteiger partial charge on any atom is -0.489 e. The van der Waals surface area contributed by atoms with Crippen molar-refractivity contribution >= 4 is 11.2 Å². The quantitative estimate of drug-likeness (QED) is 0.451. The Labute approximate surface area is 179 Å². The van der Waals surface area contributed by atoms with Gasteiger partial charge in [0, 0.05) is 31.4 Å². The van der Waals surface area contributed by atoms with Gasteiger partial charge in [-0.1, -0.05) is 23.4 Å². The highest BCUT2D eigenvalue weighted by Crippen LogP contribution is 2.19. The molecule has 158 valence electrons. The second kappa shape index (κ2) is 9.15. The fourth-order valence-corrected chi connectivity index (χ4v) is 3.56. The molecule has 4 aromatic rings. The van der Waals surface area contributed by atoms with Gasteiger partial charge in [-0.25, -0.2) is 19.6 Å². The van der Waals surface area contributed by atoms with Crippen molar-refractivity contribution in [2.75, 3.05) is 39.5 Å². The molecule has 1 saturated heterocycles. The summed E-state index contributed by atoms with van der Waals surface area (Å²) in [6.07, 6.45) is 5.20. The summed E-state index contributed by atoms with van der Waals surface area (Å²) in [6.45, 7) is 5.55. The zero-order valence-electron chi connectivity index (χ0n) is 17.1. The van der Waals surface area contributed by atoms with Crippen LogP contribution in [0.25, 0.3) is 22.6 Å². The van der Waals surface area contributed by atoms with Crippen molar-refractivity contribution in [1.29, 1.82) is 0 Å². The summed E-state index contributed by atoms with van der Waals surface area (Å²) in [6, 6.07) is 11.9. The van der Waals surface area contributed by atoms with Gasteiger partial charge in [-0.15, -0.1) is 5.10 Å². The molecule has 1 fully saturated rings. The van der Waals surface area contributed by atoms with Crippen molar-refractivity contribution in [3.8, 4) is 17.1 Å². The van der Waals surface area contributed by atoms with Crippen LogP contribution in [0, 0.1) is 0 Å². The molecule has 1 aliphatic heterocycles. The number of ether oxygens (including phenoxy) is 2. The normalized spacial score (nSPS) is 14.7. The van der Waals surface area contributed by atoms with Crippen molar-refractivity contribution in [3.63, 3.8) is 0 Å². The van der Waals surface area contributed by atoms with Gasteiger partial charge in [0.25, 0.3) is 0 Å². The summed E-state index contributed by atoms with van der Waals surface area (Å²) in [4.78, 5) is 15.7. The Morgan fingerprint density at radius 2 is 1.87 bits per heavy atom. The molecule has 0 spiro atoms. The Bertz CT molecular complexity index is 1140. The minimum atomic E-state index is 0.574. The first-order valence-electron chi connectivity index (χ1n) is 10.3. The molecular formula is C22H23N7O2. The lowest BCUT2D eigenvalue weighted by molar-refractivity contribution is 0.0322. The number of benzene rings is 1. The average Bonchev–Trinajstić information content (AvgIpc) is 3.23. The number of nitrogens with zero attached hydrogens (tertiary/aromatic N) is 7. The monoisotopic (exact) mass is 417 g/mol. The largest absolute Gasteiger partial charge is 0.489 e. The second-order valence-corrected chi connectivity index (χ2v) is 7.34. The maximum atomic E-state index is 5.80. The summed E-state index contributed by atoms with van der Waals surface area (Å²) in [5.74, 6) is 1.33. The zero-order chi connectivity index (χ0) is 20.9. The van der Waals surface area contributed by atoms with E-state index in [9.17, 15) is 0 Å². The molecule has 0 radical (unpaired) electrons. The zero-order valence-corrected chi connectivity index (χ0v) is 17.1. The number of hydrogen-bond donors (Lipinski definition) is 0. The fourth-order valence-electron chi connectivity index (χ4n) is 3.56. The highest BCUT2D eigenvalue weighted by molar-refractivity contribution is 5.69. The molecule has 9 nitrogen and oxygen atoms in total. The molecule has 3 aromatic heterocycles. The Morgan fingerprint density at radius 3 is 2.74 bits per heavy atom. The number of pyridine rings is 1. The molecule has 0 unspecified atom stereocenters. The standard InChI is InChI=1S/C22H23N7O2/c1-3-17(16-29-22-20(26-27-29)5-2-6-23-22)13-18(4-1)21-24-14-19(15-25-21)31-12-9-28-7-10-30-11-8-28/h1-6,13-15H,7-12,16H2. The van der Waals surface area contributed by atoms with Crippen LogP contribution in [0.2, 0.25) is 0 Å². The van der Waals surface area contributed by atoms with E-state index in [4.69, 9.17) is 9.47 Å². The molecule has 1 aliphatic rings. The van der Waals surface area contributed by atoms with Gasteiger partial charge in [-0.05, 0) is 23.8 Å². The van der Waals surface area contributed by atoms with Crippen LogP contribution in [0.3, 0.4) is 0 Å². The molecule has 0 saturated carbocycles. The third kappa shape index (κ3) is 4.68. The number of aromatic nitrogens is 6. The fraction of sp³-hybridized carbons (Fsp3) is 0.318. The van der Waals surface area contributed by atoms with E-state index in [1.807, 2.05) is 30.3 Å². The van der Waals surface area contributed by atoms with Crippen molar-refractivity contribution < 1.29 is 9.47 Å². The summed E-state index contributed by atoms with van der Waals surface area (Å²) in [5, 5.41) is 8.37. The Hall–Kier alpha value is -3.43. The van der Waals surface area contributed by atoms with Crippen LogP contribution < -0.4 is 4.74 Å². The van der Waals surface area contributed by atoms with E-state index in [1.54, 1.807) is 23.3 Å². The van der Waals surface area contributed by atoms with Crippen LogP contribution in [0.15, 0.2) is 55.0 Å². The third-order valence-electron chi connectivity index (χ3n) is 5.20. The number of morpholine rings is 1. The lowest BCUT2D eigenvalue weighted by Crippen LogP contribution is -2.38. The molecule has 0 amide bonds. The van der Waals surface area contributed by atoms with E-state index in [-0.39, 0.29) is 0 Å². The van der Waals surface area contributed by atoms with Gasteiger partial charge in [-0.2, -0.15) is 0 Å². The van der Waals surface area contributed by atoms with Crippen molar-refractivity contribution in [2.24, 2.45) is 0 Å². The Balaban J connectivity index is 1.23. The van der Waals surface area contributed by atoms with Crippen LogP contribution in [-0.4, -0.2) is 74.3 Å². The first-order chi connectivity index (χ1) is 15.3. The number of hydrogen-bond acceptors (Lipinski definition) is 8. The number of rotatable bonds is 7. The topological polar surface area (TPSA) is 91.1 Å². The third-order valence-corrected chi connectivity index (χ3v) is 5.20. The SMILES string of the molecule is c1cc(Cn2nnc3cccnc32)cc(-c2ncc(OCCN3CCOCC3)cn2)c1. The molecule has 0 atom stereocenters. The maximum absolute atomic E-state index is 5.80. The highest BCUT2D eigenvalue weighted by Gasteiger charge is 2.11. The van der Waals surface area contributed by atoms with Crippen molar-refractivity contribution in [1.82, 2.24) is 34.8 Å². The average molecular weight is 417 g/mol. The first kappa shape index (κ1) is 19.5. The summed E-state index contributed by atoms with van der Waals surface area (Å²) in [5.41, 5.74) is 3.56. The van der Waals surface area contributed by atoms with Crippen LogP contribution in [0.1, 0.15) is 5.56 Å². The van der Waals surface area contributed by atoms with Crippen LogP contribution >= 0.6 is 0 Å². The minimum absolute atomic E-state index is 0.574. The lowest BCUT2D eigenvalue weighted by atomic mass is 10.1. The molecule has 0 N–H and O–H groups in total. The predicted octanol–water partition coefficient (Wildman–Crippen LogP) is 2.04. The second-order valence-electron chi connectivity index (χ2n) is 7.34. The van der Waals surface area contributed by atoms with Gasteiger partial charge in [0.05, 0.1) is 32.2 Å². The van der Waals surface area contributed by atoms with E-state index in [0.717, 1.165) is 55.1 Å². The molecule has 1 aromatic carbocycles. The van der Waals surface area contributed by atoms with Crippen LogP contribution in [-0.2, 0) is 11.3 Å². The van der Waals surface area contributed by atoms with Gasteiger partial charge >= 0.3 is 0 Å². The maximum Gasteiger partial charge on any atom is 0.178 e.